The molecule has 0 aliphatic carbocycles. The predicted octanol–water partition coefficient (Wildman–Crippen LogP) is 3.95. The number of ether oxygens (including phenoxy) is 1. The molecule has 1 heterocycles. The Hall–Kier alpha value is -1.06. The Morgan fingerprint density at radius 1 is 1.13 bits per heavy atom. The van der Waals surface area contributed by atoms with Crippen LogP contribution in [0, 0.1) is 0 Å². The van der Waals surface area contributed by atoms with E-state index in [2.05, 4.69) is 66.3 Å². The Balaban J connectivity index is 0.00000480. The summed E-state index contributed by atoms with van der Waals surface area (Å²) in [7, 11) is 0. The number of aliphatic imine (C=N–C) groups is 1. The molecule has 2 N–H and O–H groups in total. The van der Waals surface area contributed by atoms with E-state index in [0.29, 0.717) is 19.2 Å². The summed E-state index contributed by atoms with van der Waals surface area (Å²) in [5.41, 5.74) is 1.13. The standard InChI is InChI=1S/C24H43N5O.HI/c1-5-15-29-16-13-22(14-17-29)27-24(25-6-2)26-20-21-11-9-10-12-23(21)30-19-18-28(7-3)8-4;/h9-12,22H,5-8,13-20H2,1-4H3,(H2,25,26,27);1H. The van der Waals surface area contributed by atoms with Crippen LogP contribution in [0.3, 0.4) is 0 Å². The molecule has 1 aromatic carbocycles. The molecule has 1 saturated heterocycles. The topological polar surface area (TPSA) is 52.1 Å². The van der Waals surface area contributed by atoms with Crippen LogP contribution in [0.5, 0.6) is 5.75 Å². The van der Waals surface area contributed by atoms with Crippen LogP contribution in [0.1, 0.15) is 52.5 Å². The smallest absolute Gasteiger partial charge is 0.191 e. The van der Waals surface area contributed by atoms with Crippen LogP contribution >= 0.6 is 24.0 Å². The van der Waals surface area contributed by atoms with Gasteiger partial charge in [-0.2, -0.15) is 0 Å². The molecule has 6 nitrogen and oxygen atoms in total. The van der Waals surface area contributed by atoms with Gasteiger partial charge in [0.2, 0.25) is 0 Å². The molecule has 1 aliphatic rings. The lowest BCUT2D eigenvalue weighted by molar-refractivity contribution is 0.206. The summed E-state index contributed by atoms with van der Waals surface area (Å²) in [5.74, 6) is 1.85. The van der Waals surface area contributed by atoms with Crippen molar-refractivity contribution in [3.05, 3.63) is 29.8 Å². The van der Waals surface area contributed by atoms with Crippen molar-refractivity contribution in [2.45, 2.75) is 59.5 Å². The van der Waals surface area contributed by atoms with Gasteiger partial charge in [0.1, 0.15) is 12.4 Å². The number of rotatable bonds is 12. The van der Waals surface area contributed by atoms with E-state index >= 15 is 0 Å². The minimum atomic E-state index is 0. The number of nitrogens with one attached hydrogen (secondary N) is 2. The zero-order chi connectivity index (χ0) is 21.6. The normalized spacial score (nSPS) is 15.6. The molecule has 7 heteroatoms. The molecule has 1 aromatic rings. The SMILES string of the molecule is CCCN1CCC(NC(=NCc2ccccc2OCCN(CC)CC)NCC)CC1.I. The van der Waals surface area contributed by atoms with E-state index in [9.17, 15) is 0 Å². The lowest BCUT2D eigenvalue weighted by Crippen LogP contribution is -2.48. The maximum absolute atomic E-state index is 6.09. The second-order valence-electron chi connectivity index (χ2n) is 7.94. The molecule has 0 saturated carbocycles. The third kappa shape index (κ3) is 10.4. The number of piperidine rings is 1. The summed E-state index contributed by atoms with van der Waals surface area (Å²) >= 11 is 0. The molecule has 0 atom stereocenters. The van der Waals surface area contributed by atoms with Gasteiger partial charge in [0, 0.05) is 37.8 Å². The number of likely N-dealkylation sites (N-methyl/N-ethyl adjacent to an activating group) is 1. The van der Waals surface area contributed by atoms with Crippen molar-refractivity contribution in [2.24, 2.45) is 4.99 Å². The minimum absolute atomic E-state index is 0. The molecular formula is C24H44IN5O. The lowest BCUT2D eigenvalue weighted by atomic mass is 10.1. The Labute approximate surface area is 207 Å². The van der Waals surface area contributed by atoms with Crippen LogP contribution in [0.15, 0.2) is 29.3 Å². The number of likely N-dealkylation sites (tertiary alicyclic amines) is 1. The Morgan fingerprint density at radius 3 is 2.48 bits per heavy atom. The molecule has 0 amide bonds. The Morgan fingerprint density at radius 2 is 1.84 bits per heavy atom. The first-order chi connectivity index (χ1) is 14.7. The quantitative estimate of drug-likeness (QED) is 0.237. The van der Waals surface area contributed by atoms with Crippen molar-refractivity contribution < 1.29 is 4.74 Å². The number of hydrogen-bond donors (Lipinski definition) is 2. The first kappa shape index (κ1) is 28.0. The van der Waals surface area contributed by atoms with Gasteiger partial charge in [0.05, 0.1) is 6.54 Å². The lowest BCUT2D eigenvalue weighted by Gasteiger charge is -2.32. The van der Waals surface area contributed by atoms with E-state index in [-0.39, 0.29) is 24.0 Å². The highest BCUT2D eigenvalue weighted by atomic mass is 127. The average molecular weight is 546 g/mol. The Kier molecular flexibility index (Phi) is 14.9. The second-order valence-corrected chi connectivity index (χ2v) is 7.94. The summed E-state index contributed by atoms with van der Waals surface area (Å²) in [5, 5.41) is 7.05. The average Bonchev–Trinajstić information content (AvgIpc) is 2.77. The largest absolute Gasteiger partial charge is 0.492 e. The maximum Gasteiger partial charge on any atom is 0.191 e. The predicted molar refractivity (Wildman–Crippen MR) is 143 cm³/mol. The number of nitrogens with zero attached hydrogens (tertiary/aromatic N) is 3. The van der Waals surface area contributed by atoms with E-state index in [0.717, 1.165) is 43.5 Å². The molecule has 0 aromatic heterocycles. The number of guanidine groups is 1. The summed E-state index contributed by atoms with van der Waals surface area (Å²) in [4.78, 5) is 9.80. The van der Waals surface area contributed by atoms with Crippen molar-refractivity contribution >= 4 is 29.9 Å². The first-order valence-electron chi connectivity index (χ1n) is 11.9. The van der Waals surface area contributed by atoms with Crippen molar-refractivity contribution in [1.29, 1.82) is 0 Å². The Bertz CT molecular complexity index is 616. The van der Waals surface area contributed by atoms with E-state index in [4.69, 9.17) is 9.73 Å². The highest BCUT2D eigenvalue weighted by Crippen LogP contribution is 2.19. The van der Waals surface area contributed by atoms with Crippen molar-refractivity contribution in [1.82, 2.24) is 20.4 Å². The fraction of sp³-hybridized carbons (Fsp3) is 0.708. The van der Waals surface area contributed by atoms with Gasteiger partial charge in [-0.25, -0.2) is 4.99 Å². The van der Waals surface area contributed by atoms with Gasteiger partial charge in [0.15, 0.2) is 5.96 Å². The summed E-state index contributed by atoms with van der Waals surface area (Å²) < 4.78 is 6.09. The summed E-state index contributed by atoms with van der Waals surface area (Å²) in [6.07, 6.45) is 3.59. The van der Waals surface area contributed by atoms with Crippen LogP contribution in [0.4, 0.5) is 0 Å². The number of benzene rings is 1. The number of para-hydroxylation sites is 1. The highest BCUT2D eigenvalue weighted by Gasteiger charge is 2.19. The van der Waals surface area contributed by atoms with E-state index in [1.54, 1.807) is 0 Å². The van der Waals surface area contributed by atoms with Crippen molar-refractivity contribution in [2.75, 3.05) is 52.4 Å². The number of halogens is 1. The van der Waals surface area contributed by atoms with E-state index in [1.165, 1.54) is 38.9 Å². The van der Waals surface area contributed by atoms with Crippen LogP contribution in [-0.4, -0.2) is 74.2 Å². The number of hydrogen-bond acceptors (Lipinski definition) is 4. The molecule has 0 unspecified atom stereocenters. The minimum Gasteiger partial charge on any atom is -0.492 e. The van der Waals surface area contributed by atoms with Gasteiger partial charge in [-0.05, 0) is 51.9 Å². The van der Waals surface area contributed by atoms with Gasteiger partial charge in [-0.1, -0.05) is 39.0 Å². The van der Waals surface area contributed by atoms with Gasteiger partial charge in [-0.15, -0.1) is 24.0 Å². The van der Waals surface area contributed by atoms with Crippen LogP contribution in [-0.2, 0) is 6.54 Å². The fourth-order valence-corrected chi connectivity index (χ4v) is 3.89. The molecule has 0 bridgehead atoms. The fourth-order valence-electron chi connectivity index (χ4n) is 3.89. The summed E-state index contributed by atoms with van der Waals surface area (Å²) in [6, 6.07) is 8.76. The molecule has 1 aliphatic heterocycles. The zero-order valence-corrected chi connectivity index (χ0v) is 22.4. The molecule has 0 radical (unpaired) electrons. The van der Waals surface area contributed by atoms with Crippen LogP contribution < -0.4 is 15.4 Å². The molecule has 31 heavy (non-hydrogen) atoms. The zero-order valence-electron chi connectivity index (χ0n) is 20.0. The first-order valence-corrected chi connectivity index (χ1v) is 11.9. The summed E-state index contributed by atoms with van der Waals surface area (Å²) in [6.45, 7) is 17.6. The van der Waals surface area contributed by atoms with Crippen molar-refractivity contribution in [3.8, 4) is 5.75 Å². The third-order valence-electron chi connectivity index (χ3n) is 5.75. The van der Waals surface area contributed by atoms with Gasteiger partial charge < -0.3 is 25.2 Å². The molecule has 0 spiro atoms. The van der Waals surface area contributed by atoms with Gasteiger partial charge in [-0.3, -0.25) is 0 Å². The maximum atomic E-state index is 6.09. The van der Waals surface area contributed by atoms with E-state index < -0.39 is 0 Å². The molecular weight excluding hydrogens is 501 g/mol. The van der Waals surface area contributed by atoms with Crippen molar-refractivity contribution in [3.63, 3.8) is 0 Å². The second kappa shape index (κ2) is 16.6. The molecule has 1 fully saturated rings. The van der Waals surface area contributed by atoms with Gasteiger partial charge >= 0.3 is 0 Å². The third-order valence-corrected chi connectivity index (χ3v) is 5.75. The monoisotopic (exact) mass is 545 g/mol. The molecule has 178 valence electrons. The van der Waals surface area contributed by atoms with Crippen LogP contribution in [0.2, 0.25) is 0 Å². The molecule has 2 rings (SSSR count). The van der Waals surface area contributed by atoms with E-state index in [1.807, 2.05) is 6.07 Å². The highest BCUT2D eigenvalue weighted by molar-refractivity contribution is 14.0. The van der Waals surface area contributed by atoms with Gasteiger partial charge in [0.25, 0.3) is 0 Å². The van der Waals surface area contributed by atoms with Crippen LogP contribution in [0.25, 0.3) is 0 Å².